The van der Waals surface area contributed by atoms with Gasteiger partial charge in [-0.2, -0.15) is 5.26 Å². The molecule has 0 fully saturated rings. The minimum absolute atomic E-state index is 0.0617. The number of benzene rings is 1. The van der Waals surface area contributed by atoms with Crippen LogP contribution in [0.4, 0.5) is 17.3 Å². The van der Waals surface area contributed by atoms with Crippen LogP contribution in [0.15, 0.2) is 35.3 Å². The number of anilines is 3. The summed E-state index contributed by atoms with van der Waals surface area (Å²) in [5, 5.41) is 28.5. The molecule has 5 rings (SSSR count). The van der Waals surface area contributed by atoms with Gasteiger partial charge in [-0.25, -0.2) is 9.97 Å². The predicted molar refractivity (Wildman–Crippen MR) is 131 cm³/mol. The van der Waals surface area contributed by atoms with Crippen molar-refractivity contribution in [2.75, 3.05) is 30.8 Å². The normalized spacial score (nSPS) is 17.8. The molecule has 4 heterocycles. The van der Waals surface area contributed by atoms with Crippen LogP contribution in [0.5, 0.6) is 0 Å². The van der Waals surface area contributed by atoms with Crippen LogP contribution in [-0.2, 0) is 18.4 Å². The first kappa shape index (κ1) is 22.6. The number of aromatic nitrogens is 3. The van der Waals surface area contributed by atoms with Gasteiger partial charge in [0.2, 0.25) is 5.95 Å². The molecule has 1 atom stereocenters. The molecular formula is C25H25N7O3. The first-order valence-corrected chi connectivity index (χ1v) is 11.4. The fourth-order valence-corrected chi connectivity index (χ4v) is 4.80. The van der Waals surface area contributed by atoms with Crippen molar-refractivity contribution in [3.8, 4) is 17.3 Å². The van der Waals surface area contributed by atoms with Crippen molar-refractivity contribution >= 4 is 23.2 Å². The van der Waals surface area contributed by atoms with E-state index in [0.717, 1.165) is 23.4 Å². The van der Waals surface area contributed by atoms with Crippen LogP contribution in [0.2, 0.25) is 0 Å². The zero-order valence-electron chi connectivity index (χ0n) is 19.5. The monoisotopic (exact) mass is 471 g/mol. The molecule has 0 unspecified atom stereocenters. The van der Waals surface area contributed by atoms with E-state index in [1.807, 2.05) is 13.0 Å². The first-order valence-electron chi connectivity index (χ1n) is 11.4. The van der Waals surface area contributed by atoms with Crippen LogP contribution >= 0.6 is 0 Å². The van der Waals surface area contributed by atoms with Crippen LogP contribution in [0.25, 0.3) is 11.3 Å². The Morgan fingerprint density at radius 1 is 1.37 bits per heavy atom. The number of hydrogen-bond acceptors (Lipinski definition) is 8. The lowest BCUT2D eigenvalue weighted by molar-refractivity contribution is 0.0961. The third-order valence-corrected chi connectivity index (χ3v) is 6.78. The molecule has 178 valence electrons. The molecule has 0 saturated heterocycles. The molecule has 4 N–H and O–H groups in total. The van der Waals surface area contributed by atoms with Gasteiger partial charge in [-0.05, 0) is 42.7 Å². The van der Waals surface area contributed by atoms with E-state index >= 15 is 0 Å². The van der Waals surface area contributed by atoms with Crippen LogP contribution in [0.1, 0.15) is 40.5 Å². The number of fused-ring (bicyclic) bond motifs is 2. The summed E-state index contributed by atoms with van der Waals surface area (Å²) in [5.74, 6) is -0.0564. The van der Waals surface area contributed by atoms with Crippen molar-refractivity contribution < 1.29 is 9.90 Å². The molecule has 10 nitrogen and oxygen atoms in total. The molecule has 1 amide bonds. The second-order valence-electron chi connectivity index (χ2n) is 9.08. The Morgan fingerprint density at radius 2 is 2.20 bits per heavy atom. The fourth-order valence-electron chi connectivity index (χ4n) is 4.80. The van der Waals surface area contributed by atoms with E-state index in [9.17, 15) is 20.0 Å². The van der Waals surface area contributed by atoms with Gasteiger partial charge in [-0.1, -0.05) is 6.92 Å². The summed E-state index contributed by atoms with van der Waals surface area (Å²) in [6.45, 7) is 2.96. The Bertz CT molecular complexity index is 1460. The average molecular weight is 472 g/mol. The molecule has 2 aliphatic heterocycles. The molecule has 0 spiro atoms. The van der Waals surface area contributed by atoms with Crippen LogP contribution in [0, 0.1) is 11.3 Å². The minimum atomic E-state index is -0.513. The summed E-state index contributed by atoms with van der Waals surface area (Å²) >= 11 is 0. The quantitative estimate of drug-likeness (QED) is 0.442. The average Bonchev–Trinajstić information content (AvgIpc) is 3.51. The van der Waals surface area contributed by atoms with Crippen molar-refractivity contribution in [3.63, 3.8) is 0 Å². The Labute approximate surface area is 201 Å². The van der Waals surface area contributed by atoms with Crippen molar-refractivity contribution in [2.45, 2.75) is 31.7 Å². The van der Waals surface area contributed by atoms with Crippen molar-refractivity contribution in [2.24, 2.45) is 0 Å². The number of aliphatic hydroxyl groups is 1. The van der Waals surface area contributed by atoms with Gasteiger partial charge in [0.15, 0.2) is 0 Å². The lowest BCUT2D eigenvalue weighted by Crippen LogP contribution is -2.28. The minimum Gasteiger partial charge on any atom is -0.395 e. The second kappa shape index (κ2) is 8.52. The highest BCUT2D eigenvalue weighted by molar-refractivity contribution is 5.96. The molecule has 2 aliphatic rings. The Kier molecular flexibility index (Phi) is 5.49. The molecule has 2 aromatic heterocycles. The van der Waals surface area contributed by atoms with Crippen molar-refractivity contribution in [1.29, 1.82) is 5.26 Å². The number of nitrogens with zero attached hydrogens (tertiary/aromatic N) is 4. The van der Waals surface area contributed by atoms with E-state index in [1.165, 1.54) is 0 Å². The number of carbonyl (C=O) groups is 1. The van der Waals surface area contributed by atoms with E-state index in [0.29, 0.717) is 41.9 Å². The summed E-state index contributed by atoms with van der Waals surface area (Å²) < 4.78 is 1.62. The van der Waals surface area contributed by atoms with Gasteiger partial charge in [-0.3, -0.25) is 9.59 Å². The lowest BCUT2D eigenvalue weighted by atomic mass is 9.83. The summed E-state index contributed by atoms with van der Waals surface area (Å²) in [5.41, 5.74) is 3.97. The van der Waals surface area contributed by atoms with Crippen LogP contribution < -0.4 is 21.5 Å². The summed E-state index contributed by atoms with van der Waals surface area (Å²) in [7, 11) is 1.56. The zero-order chi connectivity index (χ0) is 24.7. The van der Waals surface area contributed by atoms with Gasteiger partial charge >= 0.3 is 0 Å². The molecule has 0 radical (unpaired) electrons. The smallest absolute Gasteiger partial charge is 0.274 e. The maximum atomic E-state index is 13.0. The van der Waals surface area contributed by atoms with Gasteiger partial charge < -0.3 is 25.6 Å². The van der Waals surface area contributed by atoms with E-state index < -0.39 is 5.41 Å². The Morgan fingerprint density at radius 3 is 2.94 bits per heavy atom. The molecule has 35 heavy (non-hydrogen) atoms. The highest BCUT2D eigenvalue weighted by Crippen LogP contribution is 2.41. The van der Waals surface area contributed by atoms with E-state index in [4.69, 9.17) is 0 Å². The summed E-state index contributed by atoms with van der Waals surface area (Å²) in [6.07, 6.45) is 3.04. The van der Waals surface area contributed by atoms with E-state index in [2.05, 4.69) is 32.0 Å². The third-order valence-electron chi connectivity index (χ3n) is 6.78. The van der Waals surface area contributed by atoms with Gasteiger partial charge in [0.1, 0.15) is 11.8 Å². The molecule has 0 saturated carbocycles. The number of nitrogens with one attached hydrogen (secondary N) is 3. The van der Waals surface area contributed by atoms with Gasteiger partial charge in [-0.15, -0.1) is 0 Å². The van der Waals surface area contributed by atoms with E-state index in [1.54, 1.807) is 36.0 Å². The van der Waals surface area contributed by atoms with Gasteiger partial charge in [0, 0.05) is 43.0 Å². The Hall–Kier alpha value is -4.23. The molecule has 1 aromatic carbocycles. The van der Waals surface area contributed by atoms with Gasteiger partial charge in [0.25, 0.3) is 11.5 Å². The number of pyridine rings is 1. The first-order chi connectivity index (χ1) is 16.9. The molecular weight excluding hydrogens is 446 g/mol. The standard InChI is InChI=1S/C25H25N7O3/c1-25(13-33)12-29-21-15(11-26)8-14(9-17(21)25)18-5-6-28-24(30-18)31-19-10-16(22(34)27-2)20-4-3-7-32(20)23(19)35/h5-6,8-10,29,33H,3-4,7,12-13H2,1-2H3,(H,27,34)(H,28,30,31)/t25-/m1/s1. The number of hydrogen-bond donors (Lipinski definition) is 4. The predicted octanol–water partition coefficient (Wildman–Crippen LogP) is 1.90. The van der Waals surface area contributed by atoms with Crippen molar-refractivity contribution in [1.82, 2.24) is 19.9 Å². The fraction of sp³-hybridized carbons (Fsp3) is 0.320. The maximum Gasteiger partial charge on any atom is 0.274 e. The molecule has 10 heteroatoms. The largest absolute Gasteiger partial charge is 0.395 e. The number of amides is 1. The lowest BCUT2D eigenvalue weighted by Gasteiger charge is -2.21. The Balaban J connectivity index is 1.55. The highest BCUT2D eigenvalue weighted by Gasteiger charge is 2.36. The topological polar surface area (TPSA) is 145 Å². The van der Waals surface area contributed by atoms with Gasteiger partial charge in [0.05, 0.1) is 29.1 Å². The summed E-state index contributed by atoms with van der Waals surface area (Å²) in [4.78, 5) is 34.3. The maximum absolute atomic E-state index is 13.0. The number of rotatable bonds is 5. The molecule has 0 aliphatic carbocycles. The zero-order valence-corrected chi connectivity index (χ0v) is 19.5. The number of nitriles is 1. The van der Waals surface area contributed by atoms with Crippen LogP contribution in [0.3, 0.4) is 0 Å². The molecule has 3 aromatic rings. The van der Waals surface area contributed by atoms with E-state index in [-0.39, 0.29) is 29.7 Å². The SMILES string of the molecule is CNC(=O)c1cc(Nc2nccc(-c3cc(C#N)c4c(c3)[C@@](C)(CO)CN4)n2)c(=O)n2c1CCC2. The van der Waals surface area contributed by atoms with Crippen LogP contribution in [-0.4, -0.2) is 45.7 Å². The van der Waals surface area contributed by atoms with Crippen molar-refractivity contribution in [3.05, 3.63) is 63.2 Å². The summed E-state index contributed by atoms with van der Waals surface area (Å²) in [6, 6.07) is 9.16. The molecule has 0 bridgehead atoms. The highest BCUT2D eigenvalue weighted by atomic mass is 16.3. The number of carbonyl (C=O) groups excluding carboxylic acids is 1. The number of aliphatic hydroxyl groups excluding tert-OH is 1. The second-order valence-corrected chi connectivity index (χ2v) is 9.08. The third kappa shape index (κ3) is 3.70.